The highest BCUT2D eigenvalue weighted by Crippen LogP contribution is 2.19. The monoisotopic (exact) mass is 662 g/mol. The normalized spacial score (nSPS) is 12.8. The van der Waals surface area contributed by atoms with Crippen molar-refractivity contribution in [1.29, 1.82) is 0 Å². The number of carbonyl (C=O) groups is 2. The Labute approximate surface area is 283 Å². The fraction of sp³-hybridized carbons (Fsp3) is 0.333. The van der Waals surface area contributed by atoms with E-state index >= 15 is 0 Å². The van der Waals surface area contributed by atoms with E-state index in [-0.39, 0.29) is 11.8 Å². The van der Waals surface area contributed by atoms with Crippen molar-refractivity contribution in [3.05, 3.63) is 106 Å². The summed E-state index contributed by atoms with van der Waals surface area (Å²) in [6, 6.07) is 17.5. The third-order valence-electron chi connectivity index (χ3n) is 8.63. The minimum Gasteiger partial charge on any atom is -0.380 e. The van der Waals surface area contributed by atoms with Crippen LogP contribution in [-0.4, -0.2) is 56.8 Å². The maximum absolute atomic E-state index is 13.6. The van der Waals surface area contributed by atoms with Crippen molar-refractivity contribution in [1.82, 2.24) is 37.8 Å². The van der Waals surface area contributed by atoms with E-state index in [4.69, 9.17) is 4.74 Å². The number of hydrogen-bond acceptors (Lipinski definition) is 5. The summed E-state index contributed by atoms with van der Waals surface area (Å²) < 4.78 is 16.8. The first-order valence-corrected chi connectivity index (χ1v) is 16.4. The molecule has 0 aliphatic heterocycles. The molecule has 0 aliphatic rings. The fourth-order valence-electron chi connectivity index (χ4n) is 6.39. The highest BCUT2D eigenvalue weighted by atomic mass is 16.5. The number of methoxy groups -OCH3 is 1. The van der Waals surface area contributed by atoms with Gasteiger partial charge < -0.3 is 23.0 Å². The SMILES string of the molecule is CCn1nc(C)cc1C(=O)N=c1n(C)c2ccccc2n1C/C=C/Cn1c(=NC(=O)c2cc(C)nn2CC)n(C)c2cccc(COC)c21. The van der Waals surface area contributed by atoms with Gasteiger partial charge in [-0.25, -0.2) is 0 Å². The van der Waals surface area contributed by atoms with Crippen LogP contribution in [0.1, 0.15) is 51.8 Å². The molecular weight excluding hydrogens is 620 g/mol. The molecule has 0 radical (unpaired) electrons. The molecule has 0 unspecified atom stereocenters. The molecule has 0 N–H and O–H groups in total. The zero-order chi connectivity index (χ0) is 34.8. The predicted octanol–water partition coefficient (Wildman–Crippen LogP) is 4.21. The quantitative estimate of drug-likeness (QED) is 0.204. The standard InChI is InChI=1S/C36H42N10O3/c1-8-45-30(21-24(3)39-45)33(47)37-35-41(5)27-16-10-11-17-28(27)43(35)19-12-13-20-44-32-26(23-49-7)15-14-18-29(32)42(6)36(44)38-34(48)31-22-25(4)40-46(31)9-2/h10-18,21-22H,8-9,19-20,23H2,1-7H3/b13-12+,37-35?,38-36?. The number of rotatable bonds is 10. The summed E-state index contributed by atoms with van der Waals surface area (Å²) in [5.41, 5.74) is 8.23. The first-order chi connectivity index (χ1) is 23.7. The minimum absolute atomic E-state index is 0.349. The van der Waals surface area contributed by atoms with Crippen LogP contribution >= 0.6 is 0 Å². The Hall–Kier alpha value is -5.56. The third-order valence-corrected chi connectivity index (χ3v) is 8.63. The summed E-state index contributed by atoms with van der Waals surface area (Å²) in [6.45, 7) is 10.1. The summed E-state index contributed by atoms with van der Waals surface area (Å²) in [6.07, 6.45) is 4.09. The second-order valence-electron chi connectivity index (χ2n) is 11.9. The van der Waals surface area contributed by atoms with Gasteiger partial charge in [-0.1, -0.05) is 36.4 Å². The van der Waals surface area contributed by atoms with Gasteiger partial charge in [-0.3, -0.25) is 19.0 Å². The van der Waals surface area contributed by atoms with E-state index in [1.165, 1.54) is 0 Å². The molecule has 2 amide bonds. The van der Waals surface area contributed by atoms with Crippen LogP contribution in [0, 0.1) is 13.8 Å². The van der Waals surface area contributed by atoms with Gasteiger partial charge in [-0.15, -0.1) is 0 Å². The lowest BCUT2D eigenvalue weighted by Crippen LogP contribution is -2.27. The Morgan fingerprint density at radius 2 is 1.24 bits per heavy atom. The molecule has 2 aromatic carbocycles. The van der Waals surface area contributed by atoms with Gasteiger partial charge in [0.15, 0.2) is 0 Å². The van der Waals surface area contributed by atoms with E-state index in [2.05, 4.69) is 20.2 Å². The fourth-order valence-corrected chi connectivity index (χ4v) is 6.39. The van der Waals surface area contributed by atoms with Gasteiger partial charge in [0, 0.05) is 52.9 Å². The van der Waals surface area contributed by atoms with Gasteiger partial charge in [-0.05, 0) is 58.0 Å². The zero-order valence-electron chi connectivity index (χ0n) is 29.1. The lowest BCUT2D eigenvalue weighted by Gasteiger charge is -2.07. The number of carbonyl (C=O) groups excluding carboxylic acids is 2. The summed E-state index contributed by atoms with van der Waals surface area (Å²) in [7, 11) is 5.49. The van der Waals surface area contributed by atoms with Gasteiger partial charge in [0.25, 0.3) is 11.8 Å². The molecule has 4 aromatic heterocycles. The Kier molecular flexibility index (Phi) is 9.45. The van der Waals surface area contributed by atoms with Crippen LogP contribution in [-0.2, 0) is 51.6 Å². The molecule has 6 rings (SSSR count). The number of ether oxygens (including phenoxy) is 1. The van der Waals surface area contributed by atoms with Crippen LogP contribution in [0.4, 0.5) is 0 Å². The number of amides is 2. The average Bonchev–Trinajstić information content (AvgIpc) is 3.82. The van der Waals surface area contributed by atoms with Crippen LogP contribution in [0.15, 0.2) is 76.7 Å². The number of nitrogens with zero attached hydrogens (tertiary/aromatic N) is 10. The van der Waals surface area contributed by atoms with E-state index in [1.807, 2.05) is 115 Å². The van der Waals surface area contributed by atoms with Crippen molar-refractivity contribution in [2.75, 3.05) is 7.11 Å². The van der Waals surface area contributed by atoms with Crippen molar-refractivity contribution in [3.63, 3.8) is 0 Å². The van der Waals surface area contributed by atoms with Crippen LogP contribution in [0.5, 0.6) is 0 Å². The van der Waals surface area contributed by atoms with E-state index in [0.29, 0.717) is 55.4 Å². The molecular formula is C36H42N10O3. The van der Waals surface area contributed by atoms with Crippen LogP contribution in [0.2, 0.25) is 0 Å². The lowest BCUT2D eigenvalue weighted by molar-refractivity contribution is 0.0977. The van der Waals surface area contributed by atoms with E-state index < -0.39 is 0 Å². The number of hydrogen-bond donors (Lipinski definition) is 0. The molecule has 0 saturated heterocycles. The second-order valence-corrected chi connectivity index (χ2v) is 11.9. The van der Waals surface area contributed by atoms with Gasteiger partial charge in [-0.2, -0.15) is 20.2 Å². The summed E-state index contributed by atoms with van der Waals surface area (Å²) in [4.78, 5) is 36.3. The highest BCUT2D eigenvalue weighted by Gasteiger charge is 2.18. The Morgan fingerprint density at radius 1 is 0.735 bits per heavy atom. The van der Waals surface area contributed by atoms with E-state index in [9.17, 15) is 9.59 Å². The summed E-state index contributed by atoms with van der Waals surface area (Å²) in [5.74, 6) is -0.709. The van der Waals surface area contributed by atoms with Crippen LogP contribution < -0.4 is 11.2 Å². The van der Waals surface area contributed by atoms with E-state index in [1.54, 1.807) is 28.6 Å². The van der Waals surface area contributed by atoms with Crippen molar-refractivity contribution >= 4 is 33.9 Å². The number of aryl methyl sites for hydroxylation is 6. The maximum Gasteiger partial charge on any atom is 0.298 e. The van der Waals surface area contributed by atoms with Gasteiger partial charge in [0.2, 0.25) is 11.2 Å². The number of para-hydroxylation sites is 3. The number of imidazole rings is 2. The topological polar surface area (TPSA) is 123 Å². The molecule has 0 atom stereocenters. The molecule has 13 nitrogen and oxygen atoms in total. The second kappa shape index (κ2) is 13.9. The van der Waals surface area contributed by atoms with Crippen LogP contribution in [0.3, 0.4) is 0 Å². The third kappa shape index (κ3) is 6.24. The first-order valence-electron chi connectivity index (χ1n) is 16.4. The molecule has 254 valence electrons. The minimum atomic E-state index is -0.360. The molecule has 0 saturated carbocycles. The molecule has 0 bridgehead atoms. The zero-order valence-corrected chi connectivity index (χ0v) is 29.1. The number of allylic oxidation sites excluding steroid dienone is 2. The predicted molar refractivity (Wildman–Crippen MR) is 187 cm³/mol. The van der Waals surface area contributed by atoms with Crippen molar-refractivity contribution in [2.24, 2.45) is 24.1 Å². The van der Waals surface area contributed by atoms with Gasteiger partial charge in [0.1, 0.15) is 11.4 Å². The Morgan fingerprint density at radius 3 is 1.82 bits per heavy atom. The maximum atomic E-state index is 13.6. The van der Waals surface area contributed by atoms with Gasteiger partial charge in [0.05, 0.1) is 40.1 Å². The van der Waals surface area contributed by atoms with Gasteiger partial charge >= 0.3 is 0 Å². The largest absolute Gasteiger partial charge is 0.380 e. The highest BCUT2D eigenvalue weighted by molar-refractivity contribution is 5.94. The van der Waals surface area contributed by atoms with Crippen molar-refractivity contribution in [2.45, 2.75) is 60.5 Å². The number of aromatic nitrogens is 8. The first kappa shape index (κ1) is 33.3. The lowest BCUT2D eigenvalue weighted by atomic mass is 10.2. The molecule has 49 heavy (non-hydrogen) atoms. The number of benzene rings is 2. The molecule has 4 heterocycles. The van der Waals surface area contributed by atoms with Crippen LogP contribution in [0.25, 0.3) is 22.1 Å². The van der Waals surface area contributed by atoms with Crippen molar-refractivity contribution in [3.8, 4) is 0 Å². The molecule has 6 aromatic rings. The Balaban J connectivity index is 1.42. The molecule has 0 fully saturated rings. The summed E-state index contributed by atoms with van der Waals surface area (Å²) in [5, 5.41) is 8.87. The smallest absolute Gasteiger partial charge is 0.298 e. The Bertz CT molecular complexity index is 2370. The van der Waals surface area contributed by atoms with E-state index in [0.717, 1.165) is 39.0 Å². The molecule has 0 spiro atoms. The summed E-state index contributed by atoms with van der Waals surface area (Å²) >= 11 is 0. The average molecular weight is 663 g/mol. The molecule has 13 heteroatoms. The molecule has 0 aliphatic carbocycles. The van der Waals surface area contributed by atoms with Crippen molar-refractivity contribution < 1.29 is 14.3 Å². The number of fused-ring (bicyclic) bond motifs is 2.